The smallest absolute Gasteiger partial charge is 0.321 e. The molecule has 3 rings (SSSR count). The van der Waals surface area contributed by atoms with Gasteiger partial charge in [0.2, 0.25) is 0 Å². The lowest BCUT2D eigenvalue weighted by atomic mass is 9.77. The van der Waals surface area contributed by atoms with Gasteiger partial charge in [-0.25, -0.2) is 4.79 Å². The van der Waals surface area contributed by atoms with Crippen LogP contribution in [0.5, 0.6) is 0 Å². The molecular formula is C20H25N3O2. The van der Waals surface area contributed by atoms with E-state index < -0.39 is 0 Å². The normalized spacial score (nSPS) is 16.5. The molecule has 2 heterocycles. The van der Waals surface area contributed by atoms with Crippen LogP contribution in [0.2, 0.25) is 0 Å². The van der Waals surface area contributed by atoms with Crippen molar-refractivity contribution < 1.29 is 9.90 Å². The van der Waals surface area contributed by atoms with Gasteiger partial charge in [-0.2, -0.15) is 0 Å². The number of urea groups is 1. The predicted octanol–water partition coefficient (Wildman–Crippen LogP) is 3.77. The highest BCUT2D eigenvalue weighted by atomic mass is 16.3. The number of hydrogen-bond acceptors (Lipinski definition) is 3. The Morgan fingerprint density at radius 2 is 1.92 bits per heavy atom. The lowest BCUT2D eigenvalue weighted by Gasteiger charge is -2.40. The third kappa shape index (κ3) is 3.82. The second kappa shape index (κ2) is 7.66. The number of aliphatic hydroxyl groups is 1. The van der Waals surface area contributed by atoms with Gasteiger partial charge >= 0.3 is 6.03 Å². The third-order valence-electron chi connectivity index (χ3n) is 5.29. The van der Waals surface area contributed by atoms with Gasteiger partial charge in [-0.15, -0.1) is 0 Å². The number of rotatable bonds is 4. The molecule has 0 unspecified atom stereocenters. The van der Waals surface area contributed by atoms with E-state index in [2.05, 4.69) is 17.2 Å². The fourth-order valence-electron chi connectivity index (χ4n) is 3.33. The number of aliphatic hydroxyl groups excluding tert-OH is 1. The Balaban J connectivity index is 1.71. The van der Waals surface area contributed by atoms with Crippen LogP contribution in [0.25, 0.3) is 11.3 Å². The average molecular weight is 339 g/mol. The summed E-state index contributed by atoms with van der Waals surface area (Å²) in [6, 6.07) is 13.4. The molecule has 132 valence electrons. The van der Waals surface area contributed by atoms with E-state index in [1.54, 1.807) is 6.20 Å². The summed E-state index contributed by atoms with van der Waals surface area (Å²) in [5.41, 5.74) is 2.43. The van der Waals surface area contributed by atoms with Gasteiger partial charge < -0.3 is 15.3 Å². The molecule has 5 heteroatoms. The third-order valence-corrected chi connectivity index (χ3v) is 5.29. The molecule has 1 aromatic carbocycles. The Bertz CT molecular complexity index is 704. The van der Waals surface area contributed by atoms with Crippen LogP contribution in [0, 0.1) is 5.41 Å². The Hall–Kier alpha value is -2.40. The number of anilines is 1. The van der Waals surface area contributed by atoms with Crippen LogP contribution in [0.15, 0.2) is 48.7 Å². The Kier molecular flexibility index (Phi) is 5.34. The molecule has 1 aliphatic rings. The molecule has 25 heavy (non-hydrogen) atoms. The van der Waals surface area contributed by atoms with Crippen LogP contribution in [0.4, 0.5) is 10.5 Å². The lowest BCUT2D eigenvalue weighted by molar-refractivity contribution is 0.0542. The van der Waals surface area contributed by atoms with E-state index in [-0.39, 0.29) is 18.1 Å². The first kappa shape index (κ1) is 17.4. The standard InChI is InChI=1S/C20H25N3O2/c1-2-20(15-24)10-13-23(14-11-20)19(25)22-17-9-6-12-21-18(17)16-7-4-3-5-8-16/h3-9,12,24H,2,10-11,13-15H2,1H3,(H,22,25). The number of benzene rings is 1. The van der Waals surface area contributed by atoms with Gasteiger partial charge in [0.05, 0.1) is 11.4 Å². The van der Waals surface area contributed by atoms with Crippen LogP contribution >= 0.6 is 0 Å². The maximum atomic E-state index is 12.7. The highest BCUT2D eigenvalue weighted by Gasteiger charge is 2.34. The van der Waals surface area contributed by atoms with E-state index >= 15 is 0 Å². The molecule has 0 atom stereocenters. The second-order valence-corrected chi connectivity index (χ2v) is 6.69. The molecule has 1 saturated heterocycles. The van der Waals surface area contributed by atoms with E-state index in [1.165, 1.54) is 0 Å². The van der Waals surface area contributed by atoms with Crippen molar-refractivity contribution in [1.82, 2.24) is 9.88 Å². The van der Waals surface area contributed by atoms with Gasteiger partial charge in [0.25, 0.3) is 0 Å². The number of pyridine rings is 1. The van der Waals surface area contributed by atoms with E-state index in [9.17, 15) is 9.90 Å². The van der Waals surface area contributed by atoms with Crippen LogP contribution in [0.1, 0.15) is 26.2 Å². The predicted molar refractivity (Wildman–Crippen MR) is 99.3 cm³/mol. The van der Waals surface area contributed by atoms with Gasteiger partial charge in [-0.05, 0) is 36.8 Å². The number of carbonyl (C=O) groups is 1. The van der Waals surface area contributed by atoms with Crippen LogP contribution in [-0.2, 0) is 0 Å². The highest BCUT2D eigenvalue weighted by molar-refractivity contribution is 5.93. The monoisotopic (exact) mass is 339 g/mol. The van der Waals surface area contributed by atoms with Crippen molar-refractivity contribution >= 4 is 11.7 Å². The molecule has 0 saturated carbocycles. The summed E-state index contributed by atoms with van der Waals surface area (Å²) < 4.78 is 0. The average Bonchev–Trinajstić information content (AvgIpc) is 2.69. The maximum absolute atomic E-state index is 12.7. The first-order valence-corrected chi connectivity index (χ1v) is 8.85. The number of carbonyl (C=O) groups excluding carboxylic acids is 1. The number of amides is 2. The number of nitrogens with one attached hydrogen (secondary N) is 1. The van der Waals surface area contributed by atoms with Crippen molar-refractivity contribution in [3.05, 3.63) is 48.7 Å². The van der Waals surface area contributed by atoms with Crippen molar-refractivity contribution in [1.29, 1.82) is 0 Å². The molecule has 0 aliphatic carbocycles. The van der Waals surface area contributed by atoms with Crippen LogP contribution < -0.4 is 5.32 Å². The summed E-state index contributed by atoms with van der Waals surface area (Å²) in [6.45, 7) is 3.63. The molecule has 1 aliphatic heterocycles. The first-order chi connectivity index (χ1) is 12.2. The van der Waals surface area contributed by atoms with Crippen LogP contribution in [0.3, 0.4) is 0 Å². The lowest BCUT2D eigenvalue weighted by Crippen LogP contribution is -2.46. The van der Waals surface area contributed by atoms with E-state index in [0.29, 0.717) is 18.8 Å². The number of piperidine rings is 1. The quantitative estimate of drug-likeness (QED) is 0.891. The second-order valence-electron chi connectivity index (χ2n) is 6.69. The summed E-state index contributed by atoms with van der Waals surface area (Å²) in [7, 11) is 0. The van der Waals surface area contributed by atoms with Gasteiger partial charge in [-0.3, -0.25) is 4.98 Å². The van der Waals surface area contributed by atoms with Gasteiger partial charge in [-0.1, -0.05) is 37.3 Å². The molecule has 5 nitrogen and oxygen atoms in total. The van der Waals surface area contributed by atoms with Gasteiger partial charge in [0.15, 0.2) is 0 Å². The van der Waals surface area contributed by atoms with Crippen molar-refractivity contribution in [2.45, 2.75) is 26.2 Å². The molecule has 0 spiro atoms. The minimum atomic E-state index is -0.104. The number of likely N-dealkylation sites (tertiary alicyclic amines) is 1. The van der Waals surface area contributed by atoms with E-state index in [1.807, 2.05) is 47.4 Å². The molecule has 2 N–H and O–H groups in total. The summed E-state index contributed by atoms with van der Waals surface area (Å²) in [4.78, 5) is 18.9. The largest absolute Gasteiger partial charge is 0.396 e. The number of hydrogen-bond donors (Lipinski definition) is 2. The van der Waals surface area contributed by atoms with Crippen LogP contribution in [-0.4, -0.2) is 40.7 Å². The Morgan fingerprint density at radius 3 is 2.56 bits per heavy atom. The zero-order chi connectivity index (χ0) is 17.7. The minimum absolute atomic E-state index is 0.0275. The highest BCUT2D eigenvalue weighted by Crippen LogP contribution is 2.34. The fourth-order valence-corrected chi connectivity index (χ4v) is 3.33. The Labute approximate surface area is 148 Å². The molecule has 1 aromatic heterocycles. The molecule has 1 fully saturated rings. The van der Waals surface area contributed by atoms with E-state index in [0.717, 1.165) is 30.5 Å². The zero-order valence-corrected chi connectivity index (χ0v) is 14.6. The van der Waals surface area contributed by atoms with Gasteiger partial charge in [0, 0.05) is 31.5 Å². The van der Waals surface area contributed by atoms with Gasteiger partial charge in [0.1, 0.15) is 0 Å². The van der Waals surface area contributed by atoms with Crippen molar-refractivity contribution in [3.63, 3.8) is 0 Å². The van der Waals surface area contributed by atoms with Crippen molar-refractivity contribution in [3.8, 4) is 11.3 Å². The number of nitrogens with zero attached hydrogens (tertiary/aromatic N) is 2. The summed E-state index contributed by atoms with van der Waals surface area (Å²) in [6.07, 6.45) is 4.35. The fraction of sp³-hybridized carbons (Fsp3) is 0.400. The molecule has 2 amide bonds. The summed E-state index contributed by atoms with van der Waals surface area (Å²) in [5, 5.41) is 12.6. The topological polar surface area (TPSA) is 65.5 Å². The SMILES string of the molecule is CCC1(CO)CCN(C(=O)Nc2cccnc2-c2ccccc2)CC1. The van der Waals surface area contributed by atoms with Crippen molar-refractivity contribution in [2.75, 3.05) is 25.0 Å². The molecule has 0 bridgehead atoms. The zero-order valence-electron chi connectivity index (χ0n) is 14.6. The summed E-state index contributed by atoms with van der Waals surface area (Å²) >= 11 is 0. The maximum Gasteiger partial charge on any atom is 0.321 e. The number of aromatic nitrogens is 1. The molecular weight excluding hydrogens is 314 g/mol. The van der Waals surface area contributed by atoms with Crippen molar-refractivity contribution in [2.24, 2.45) is 5.41 Å². The first-order valence-electron chi connectivity index (χ1n) is 8.85. The minimum Gasteiger partial charge on any atom is -0.396 e. The summed E-state index contributed by atoms with van der Waals surface area (Å²) in [5.74, 6) is 0. The Morgan fingerprint density at radius 1 is 1.20 bits per heavy atom. The molecule has 2 aromatic rings. The van der Waals surface area contributed by atoms with E-state index in [4.69, 9.17) is 0 Å². The molecule has 0 radical (unpaired) electrons.